The van der Waals surface area contributed by atoms with Gasteiger partial charge in [-0.15, -0.1) is 10.3 Å². The smallest absolute Gasteiger partial charge is 0.150 e. The van der Waals surface area contributed by atoms with Crippen LogP contribution in [0.2, 0.25) is 0 Å². The van der Waals surface area contributed by atoms with Crippen molar-refractivity contribution < 1.29 is 0 Å². The molecule has 0 aliphatic carbocycles. The van der Waals surface area contributed by atoms with E-state index < -0.39 is 0 Å². The number of hydrazone groups is 1. The molecule has 0 aromatic carbocycles. The quantitative estimate of drug-likeness (QED) is 0.304. The highest BCUT2D eigenvalue weighted by molar-refractivity contribution is 6.30. The first-order valence-corrected chi connectivity index (χ1v) is 2.59. The van der Waals surface area contributed by atoms with Gasteiger partial charge in [0.2, 0.25) is 0 Å². The van der Waals surface area contributed by atoms with Gasteiger partial charge in [-0.05, 0) is 0 Å². The third kappa shape index (κ3) is 1.48. The summed E-state index contributed by atoms with van der Waals surface area (Å²) in [6.07, 6.45) is 1.46. The van der Waals surface area contributed by atoms with E-state index in [1.54, 1.807) is 0 Å². The van der Waals surface area contributed by atoms with Crippen molar-refractivity contribution in [1.29, 1.82) is 0 Å². The maximum Gasteiger partial charge on any atom is 0.150 e. The van der Waals surface area contributed by atoms with Crippen molar-refractivity contribution in [3.8, 4) is 0 Å². The molecule has 0 atom stereocenters. The van der Waals surface area contributed by atoms with Crippen LogP contribution in [0.5, 0.6) is 0 Å². The van der Waals surface area contributed by atoms with Crippen molar-refractivity contribution in [1.82, 2.24) is 10.7 Å². The number of nitrogens with one attached hydrogen (secondary N) is 1. The molecule has 5 N–H and O–H groups in total. The first kappa shape index (κ1) is 6.18. The van der Waals surface area contributed by atoms with Gasteiger partial charge in [0.25, 0.3) is 0 Å². The molecule has 1 aliphatic heterocycles. The zero-order valence-electron chi connectivity index (χ0n) is 4.50. The summed E-state index contributed by atoms with van der Waals surface area (Å²) < 4.78 is 0. The molecule has 0 aromatic rings. The van der Waals surface area contributed by atoms with Crippen molar-refractivity contribution in [2.75, 3.05) is 0 Å². The van der Waals surface area contributed by atoms with E-state index in [4.69, 9.17) is 23.2 Å². The summed E-state index contributed by atoms with van der Waals surface area (Å²) in [5.41, 5.74) is 7.72. The summed E-state index contributed by atoms with van der Waals surface area (Å²) >= 11 is 5.47. The Morgan fingerprint density at radius 1 is 1.78 bits per heavy atom. The Kier molecular flexibility index (Phi) is 1.46. The number of rotatable bonds is 0. The van der Waals surface area contributed by atoms with Crippen LogP contribution in [0.3, 0.4) is 0 Å². The standard InChI is InChI=1S/C3H6ClN5/c4-2-1-3(5)8-9(6)7-2/h1,7H,6H2,(H2,5,8). The summed E-state index contributed by atoms with van der Waals surface area (Å²) in [4.78, 5) is 0. The van der Waals surface area contributed by atoms with Crippen molar-refractivity contribution in [3.05, 3.63) is 11.2 Å². The van der Waals surface area contributed by atoms with Crippen LogP contribution in [0.15, 0.2) is 16.3 Å². The van der Waals surface area contributed by atoms with Gasteiger partial charge in [-0.1, -0.05) is 11.6 Å². The molecule has 6 heteroatoms. The molecule has 0 amide bonds. The Balaban J connectivity index is 2.74. The molecule has 1 aliphatic rings. The number of amidine groups is 1. The molecule has 0 unspecified atom stereocenters. The van der Waals surface area contributed by atoms with Crippen LogP contribution in [0.1, 0.15) is 0 Å². The summed E-state index contributed by atoms with van der Waals surface area (Å²) in [7, 11) is 0. The molecule has 0 fully saturated rings. The van der Waals surface area contributed by atoms with E-state index in [-0.39, 0.29) is 5.84 Å². The molecule has 50 valence electrons. The van der Waals surface area contributed by atoms with Gasteiger partial charge >= 0.3 is 0 Å². The predicted molar refractivity (Wildman–Crippen MR) is 34.7 cm³/mol. The zero-order valence-corrected chi connectivity index (χ0v) is 5.26. The number of hydrazine groups is 2. The lowest BCUT2D eigenvalue weighted by Crippen LogP contribution is -2.42. The molecule has 9 heavy (non-hydrogen) atoms. The predicted octanol–water partition coefficient (Wildman–Crippen LogP) is -0.967. The Bertz CT molecular complexity index is 173. The van der Waals surface area contributed by atoms with E-state index in [1.807, 2.05) is 0 Å². The van der Waals surface area contributed by atoms with Crippen LogP contribution in [0.4, 0.5) is 0 Å². The fraction of sp³-hybridized carbons (Fsp3) is 0. The number of nitrogens with zero attached hydrogens (tertiary/aromatic N) is 2. The normalized spacial score (nSPS) is 18.2. The van der Waals surface area contributed by atoms with Crippen molar-refractivity contribution >= 4 is 17.4 Å². The lowest BCUT2D eigenvalue weighted by molar-refractivity contribution is 0.232. The Morgan fingerprint density at radius 2 is 2.44 bits per heavy atom. The van der Waals surface area contributed by atoms with Crippen molar-refractivity contribution in [2.45, 2.75) is 0 Å². The maximum atomic E-state index is 5.47. The van der Waals surface area contributed by atoms with E-state index >= 15 is 0 Å². The minimum absolute atomic E-state index is 0.279. The second-order valence-corrected chi connectivity index (χ2v) is 1.88. The van der Waals surface area contributed by atoms with Gasteiger partial charge in [-0.25, -0.2) is 5.84 Å². The summed E-state index contributed by atoms with van der Waals surface area (Å²) in [6.45, 7) is 0. The molecule has 1 rings (SSSR count). The molecule has 0 spiro atoms. The highest BCUT2D eigenvalue weighted by Crippen LogP contribution is 1.99. The van der Waals surface area contributed by atoms with Crippen LogP contribution in [-0.4, -0.2) is 11.1 Å². The molecular formula is C3H6ClN5. The van der Waals surface area contributed by atoms with E-state index in [2.05, 4.69) is 10.5 Å². The van der Waals surface area contributed by atoms with Crippen LogP contribution >= 0.6 is 11.6 Å². The van der Waals surface area contributed by atoms with Crippen molar-refractivity contribution in [2.24, 2.45) is 16.7 Å². The molecule has 0 saturated heterocycles. The summed E-state index contributed by atoms with van der Waals surface area (Å²) in [5, 5.41) is 4.86. The fourth-order valence-electron chi connectivity index (χ4n) is 0.450. The van der Waals surface area contributed by atoms with Gasteiger partial charge in [0, 0.05) is 6.08 Å². The zero-order chi connectivity index (χ0) is 6.85. The lowest BCUT2D eigenvalue weighted by Gasteiger charge is -2.17. The molecule has 5 nitrogen and oxygen atoms in total. The third-order valence-corrected chi connectivity index (χ3v) is 0.913. The minimum atomic E-state index is 0.279. The number of halogens is 1. The molecule has 0 bridgehead atoms. The second kappa shape index (κ2) is 2.12. The van der Waals surface area contributed by atoms with E-state index in [0.29, 0.717) is 5.16 Å². The Labute approximate surface area is 56.9 Å². The average Bonchev–Trinajstić information content (AvgIpc) is 1.59. The average molecular weight is 148 g/mol. The molecule has 0 saturated carbocycles. The van der Waals surface area contributed by atoms with Crippen molar-refractivity contribution in [3.63, 3.8) is 0 Å². The third-order valence-electron chi connectivity index (χ3n) is 0.719. The first-order valence-electron chi connectivity index (χ1n) is 2.21. The van der Waals surface area contributed by atoms with Gasteiger partial charge in [0.1, 0.15) is 11.0 Å². The van der Waals surface area contributed by atoms with Gasteiger partial charge in [-0.3, -0.25) is 5.43 Å². The first-order chi connectivity index (χ1) is 4.18. The molecule has 0 radical (unpaired) electrons. The largest absolute Gasteiger partial charge is 0.382 e. The summed E-state index contributed by atoms with van der Waals surface area (Å²) in [5.74, 6) is 5.42. The lowest BCUT2D eigenvalue weighted by atomic mass is 10.5. The van der Waals surface area contributed by atoms with Crippen LogP contribution in [0, 0.1) is 0 Å². The number of hydrogen-bond donors (Lipinski definition) is 3. The SMILES string of the molecule is NC1=NN(N)NC(Cl)=C1. The fourth-order valence-corrected chi connectivity index (χ4v) is 0.648. The Morgan fingerprint density at radius 3 is 2.89 bits per heavy atom. The molecular weight excluding hydrogens is 142 g/mol. The summed E-state index contributed by atoms with van der Waals surface area (Å²) in [6, 6.07) is 0. The van der Waals surface area contributed by atoms with Crippen LogP contribution in [0.25, 0.3) is 0 Å². The van der Waals surface area contributed by atoms with Crippen LogP contribution < -0.4 is 17.0 Å². The van der Waals surface area contributed by atoms with E-state index in [1.165, 1.54) is 6.08 Å². The van der Waals surface area contributed by atoms with Gasteiger partial charge in [0.05, 0.1) is 0 Å². The monoisotopic (exact) mass is 147 g/mol. The topological polar surface area (TPSA) is 79.7 Å². The highest BCUT2D eigenvalue weighted by atomic mass is 35.5. The van der Waals surface area contributed by atoms with E-state index in [9.17, 15) is 0 Å². The van der Waals surface area contributed by atoms with E-state index in [0.717, 1.165) is 5.23 Å². The number of nitrogens with two attached hydrogens (primary N) is 2. The highest BCUT2D eigenvalue weighted by Gasteiger charge is 2.03. The number of hydrogen-bond acceptors (Lipinski definition) is 5. The van der Waals surface area contributed by atoms with Crippen LogP contribution in [-0.2, 0) is 0 Å². The molecule has 1 heterocycles. The van der Waals surface area contributed by atoms with Gasteiger partial charge in [-0.2, -0.15) is 0 Å². The Hall–Kier alpha value is -0.940. The minimum Gasteiger partial charge on any atom is -0.382 e. The van der Waals surface area contributed by atoms with Gasteiger partial charge in [0.15, 0.2) is 0 Å². The maximum absolute atomic E-state index is 5.47. The second-order valence-electron chi connectivity index (χ2n) is 1.47. The van der Waals surface area contributed by atoms with Gasteiger partial charge < -0.3 is 5.73 Å². The molecule has 0 aromatic heterocycles.